The van der Waals surface area contributed by atoms with Gasteiger partial charge in [0, 0.05) is 31.1 Å². The van der Waals surface area contributed by atoms with Crippen molar-refractivity contribution in [3.05, 3.63) is 52.0 Å². The summed E-state index contributed by atoms with van der Waals surface area (Å²) in [6, 6.07) is 7.25. The van der Waals surface area contributed by atoms with Crippen LogP contribution in [0.4, 0.5) is 0 Å². The van der Waals surface area contributed by atoms with E-state index in [2.05, 4.69) is 4.98 Å². The van der Waals surface area contributed by atoms with Crippen LogP contribution in [0.2, 0.25) is 0 Å². The van der Waals surface area contributed by atoms with Crippen LogP contribution in [0, 0.1) is 6.92 Å². The quantitative estimate of drug-likeness (QED) is 0.600. The van der Waals surface area contributed by atoms with Gasteiger partial charge in [-0.15, -0.1) is 11.3 Å². The van der Waals surface area contributed by atoms with E-state index in [1.807, 2.05) is 50.4 Å². The maximum Gasteiger partial charge on any atom is 0.247 e. The molecule has 1 aromatic carbocycles. The molecular weight excluding hydrogens is 398 g/mol. The van der Waals surface area contributed by atoms with Gasteiger partial charge in [-0.25, -0.2) is 4.98 Å². The second-order valence-corrected chi connectivity index (χ2v) is 8.31. The van der Waals surface area contributed by atoms with Gasteiger partial charge < -0.3 is 14.5 Å². The average molecular weight is 428 g/mol. The van der Waals surface area contributed by atoms with E-state index in [4.69, 9.17) is 4.74 Å². The summed E-state index contributed by atoms with van der Waals surface area (Å²) in [6.07, 6.45) is 4.92. The Labute approximate surface area is 182 Å². The minimum atomic E-state index is -0.349. The van der Waals surface area contributed by atoms with Gasteiger partial charge >= 0.3 is 0 Å². The molecule has 0 radical (unpaired) electrons. The molecule has 3 rings (SSSR count). The van der Waals surface area contributed by atoms with E-state index in [0.29, 0.717) is 26.2 Å². The zero-order chi connectivity index (χ0) is 21.5. The standard InChI is InChI=1S/C23H29N3O3S/c1-4-25(5-2)23(28)21-10-7-13-26(21)22(27)12-11-18-8-6-9-20(14-18)29-15-19-16-30-17(3)24-19/h6,8-9,11-12,14,16,21H,4-5,7,10,13,15H2,1-3H3. The van der Waals surface area contributed by atoms with Crippen molar-refractivity contribution in [2.45, 2.75) is 46.3 Å². The molecule has 0 spiro atoms. The van der Waals surface area contributed by atoms with Crippen LogP contribution in [0.25, 0.3) is 6.08 Å². The number of carbonyl (C=O) groups excluding carboxylic acids is 2. The summed E-state index contributed by atoms with van der Waals surface area (Å²) in [5, 5.41) is 3.01. The lowest BCUT2D eigenvalue weighted by molar-refractivity contribution is -0.141. The molecule has 0 saturated carbocycles. The Morgan fingerprint density at radius 3 is 2.83 bits per heavy atom. The number of rotatable bonds is 8. The third-order valence-electron chi connectivity index (χ3n) is 5.23. The number of carbonyl (C=O) groups is 2. The van der Waals surface area contributed by atoms with E-state index in [1.165, 1.54) is 0 Å². The number of hydrogen-bond donors (Lipinski definition) is 0. The van der Waals surface area contributed by atoms with Crippen molar-refractivity contribution >= 4 is 29.2 Å². The number of aryl methyl sites for hydroxylation is 1. The molecule has 1 saturated heterocycles. The van der Waals surface area contributed by atoms with Gasteiger partial charge in [-0.3, -0.25) is 9.59 Å². The van der Waals surface area contributed by atoms with E-state index in [0.717, 1.165) is 34.9 Å². The number of likely N-dealkylation sites (tertiary alicyclic amines) is 1. The monoisotopic (exact) mass is 427 g/mol. The molecule has 1 aliphatic rings. The number of hydrogen-bond acceptors (Lipinski definition) is 5. The summed E-state index contributed by atoms with van der Waals surface area (Å²) in [4.78, 5) is 33.4. The van der Waals surface area contributed by atoms with Gasteiger partial charge in [0.2, 0.25) is 11.8 Å². The Balaban J connectivity index is 1.62. The third kappa shape index (κ3) is 5.48. The largest absolute Gasteiger partial charge is 0.487 e. The van der Waals surface area contributed by atoms with E-state index in [1.54, 1.807) is 33.3 Å². The minimum absolute atomic E-state index is 0.0481. The molecule has 2 amide bonds. The fraction of sp³-hybridized carbons (Fsp3) is 0.435. The molecule has 1 unspecified atom stereocenters. The molecule has 1 aliphatic heterocycles. The van der Waals surface area contributed by atoms with Crippen molar-refractivity contribution in [3.8, 4) is 5.75 Å². The van der Waals surface area contributed by atoms with Crippen LogP contribution in [-0.2, 0) is 16.2 Å². The Kier molecular flexibility index (Phi) is 7.63. The Hall–Kier alpha value is -2.67. The maximum absolute atomic E-state index is 12.8. The number of likely N-dealkylation sites (N-methyl/N-ethyl adjacent to an activating group) is 1. The van der Waals surface area contributed by atoms with Crippen LogP contribution in [-0.4, -0.2) is 52.3 Å². The summed E-state index contributed by atoms with van der Waals surface area (Å²) in [5.41, 5.74) is 1.78. The van der Waals surface area contributed by atoms with Gasteiger partial charge in [0.15, 0.2) is 0 Å². The van der Waals surface area contributed by atoms with Crippen LogP contribution >= 0.6 is 11.3 Å². The van der Waals surface area contributed by atoms with Crippen LogP contribution in [0.3, 0.4) is 0 Å². The first-order valence-electron chi connectivity index (χ1n) is 10.4. The summed E-state index contributed by atoms with van der Waals surface area (Å²) in [7, 11) is 0. The lowest BCUT2D eigenvalue weighted by Crippen LogP contribution is -2.47. The molecule has 6 nitrogen and oxygen atoms in total. The zero-order valence-corrected chi connectivity index (χ0v) is 18.7. The number of nitrogens with zero attached hydrogens (tertiary/aromatic N) is 3. The highest BCUT2D eigenvalue weighted by Crippen LogP contribution is 2.21. The minimum Gasteiger partial charge on any atom is -0.487 e. The average Bonchev–Trinajstić information content (AvgIpc) is 3.41. The molecule has 30 heavy (non-hydrogen) atoms. The van der Waals surface area contributed by atoms with E-state index in [-0.39, 0.29) is 17.9 Å². The number of benzene rings is 1. The fourth-order valence-corrected chi connectivity index (χ4v) is 4.23. The van der Waals surface area contributed by atoms with E-state index >= 15 is 0 Å². The van der Waals surface area contributed by atoms with Crippen molar-refractivity contribution in [1.29, 1.82) is 0 Å². The summed E-state index contributed by atoms with van der Waals surface area (Å²) in [6.45, 7) is 8.27. The van der Waals surface area contributed by atoms with Crippen molar-refractivity contribution < 1.29 is 14.3 Å². The first-order chi connectivity index (χ1) is 14.5. The number of ether oxygens (including phenoxy) is 1. The summed E-state index contributed by atoms with van der Waals surface area (Å²) < 4.78 is 5.82. The van der Waals surface area contributed by atoms with Gasteiger partial charge in [0.05, 0.1) is 10.7 Å². The lowest BCUT2D eigenvalue weighted by atomic mass is 10.1. The highest BCUT2D eigenvalue weighted by atomic mass is 32.1. The van der Waals surface area contributed by atoms with E-state index < -0.39 is 0 Å². The van der Waals surface area contributed by atoms with Crippen molar-refractivity contribution in [1.82, 2.24) is 14.8 Å². The van der Waals surface area contributed by atoms with Crippen LogP contribution in [0.15, 0.2) is 35.7 Å². The SMILES string of the molecule is CCN(CC)C(=O)C1CCCN1C(=O)C=Cc1cccc(OCc2csc(C)n2)c1. The Morgan fingerprint density at radius 2 is 2.13 bits per heavy atom. The smallest absolute Gasteiger partial charge is 0.247 e. The van der Waals surface area contributed by atoms with Crippen LogP contribution in [0.5, 0.6) is 5.75 Å². The predicted molar refractivity (Wildman–Crippen MR) is 119 cm³/mol. The topological polar surface area (TPSA) is 62.7 Å². The first kappa shape index (κ1) is 22.0. The van der Waals surface area contributed by atoms with Gasteiger partial charge in [-0.05, 0) is 57.4 Å². The third-order valence-corrected chi connectivity index (χ3v) is 6.05. The van der Waals surface area contributed by atoms with Crippen molar-refractivity contribution in [2.24, 2.45) is 0 Å². The number of aromatic nitrogens is 1. The number of thiazole rings is 1. The normalized spacial score (nSPS) is 16.2. The number of amides is 2. The molecule has 2 aromatic rings. The van der Waals surface area contributed by atoms with Gasteiger partial charge in [0.25, 0.3) is 0 Å². The lowest BCUT2D eigenvalue weighted by Gasteiger charge is -2.28. The second kappa shape index (κ2) is 10.4. The molecular formula is C23H29N3O3S. The summed E-state index contributed by atoms with van der Waals surface area (Å²) >= 11 is 1.60. The molecule has 0 bridgehead atoms. The molecule has 1 atom stereocenters. The highest BCUT2D eigenvalue weighted by molar-refractivity contribution is 7.09. The predicted octanol–water partition coefficient (Wildman–Crippen LogP) is 3.90. The molecule has 0 aliphatic carbocycles. The summed E-state index contributed by atoms with van der Waals surface area (Å²) in [5.74, 6) is 0.653. The molecule has 1 aromatic heterocycles. The molecule has 160 valence electrons. The van der Waals surface area contributed by atoms with Crippen molar-refractivity contribution in [2.75, 3.05) is 19.6 Å². The van der Waals surface area contributed by atoms with Gasteiger partial charge in [-0.2, -0.15) is 0 Å². The molecule has 0 N–H and O–H groups in total. The molecule has 2 heterocycles. The van der Waals surface area contributed by atoms with E-state index in [9.17, 15) is 9.59 Å². The van der Waals surface area contributed by atoms with Crippen molar-refractivity contribution in [3.63, 3.8) is 0 Å². The van der Waals surface area contributed by atoms with Gasteiger partial charge in [0.1, 0.15) is 18.4 Å². The fourth-order valence-electron chi connectivity index (χ4n) is 3.64. The molecule has 1 fully saturated rings. The van der Waals surface area contributed by atoms with Gasteiger partial charge in [-0.1, -0.05) is 12.1 Å². The first-order valence-corrected chi connectivity index (χ1v) is 11.3. The second-order valence-electron chi connectivity index (χ2n) is 7.25. The van der Waals surface area contributed by atoms with Crippen LogP contribution < -0.4 is 4.74 Å². The zero-order valence-electron chi connectivity index (χ0n) is 17.8. The molecule has 7 heteroatoms. The Morgan fingerprint density at radius 1 is 1.33 bits per heavy atom. The highest BCUT2D eigenvalue weighted by Gasteiger charge is 2.34. The Bertz CT molecular complexity index is 905. The van der Waals surface area contributed by atoms with Crippen LogP contribution in [0.1, 0.15) is 43.0 Å². The maximum atomic E-state index is 12.8.